The van der Waals surface area contributed by atoms with Gasteiger partial charge in [0.25, 0.3) is 0 Å². The molecule has 0 radical (unpaired) electrons. The maximum absolute atomic E-state index is 12.5. The predicted molar refractivity (Wildman–Crippen MR) is 55.1 cm³/mol. The SMILES string of the molecule is C=CNC(=C/C(C)CC)/N=C(\C)F. The standard InChI is InChI=1S/C10H17FN2/c1-5-8(3)7-10(12-6-2)13-9(4)11/h6-8,12H,2,5H2,1,3-4H3/b10-7-,13-9+. The van der Waals surface area contributed by atoms with Crippen molar-refractivity contribution in [2.24, 2.45) is 10.9 Å². The van der Waals surface area contributed by atoms with E-state index in [0.29, 0.717) is 11.7 Å². The minimum Gasteiger partial charge on any atom is -0.347 e. The summed E-state index contributed by atoms with van der Waals surface area (Å²) in [4.78, 5) is 3.68. The maximum Gasteiger partial charge on any atom is 0.187 e. The molecular formula is C10H17FN2. The Hall–Kier alpha value is -1.12. The highest BCUT2D eigenvalue weighted by atomic mass is 19.1. The molecule has 1 unspecified atom stereocenters. The number of rotatable bonds is 5. The number of halogens is 1. The quantitative estimate of drug-likeness (QED) is 0.652. The third-order valence-corrected chi connectivity index (χ3v) is 1.61. The van der Waals surface area contributed by atoms with Gasteiger partial charge in [0.2, 0.25) is 0 Å². The summed E-state index contributed by atoms with van der Waals surface area (Å²) in [6.45, 7) is 8.93. The van der Waals surface area contributed by atoms with E-state index in [1.807, 2.05) is 13.0 Å². The second-order valence-corrected chi connectivity index (χ2v) is 2.89. The van der Waals surface area contributed by atoms with Gasteiger partial charge in [-0.05, 0) is 24.6 Å². The summed E-state index contributed by atoms with van der Waals surface area (Å²) in [5.41, 5.74) is 0. The van der Waals surface area contributed by atoms with Crippen molar-refractivity contribution < 1.29 is 4.39 Å². The molecule has 0 aliphatic rings. The first kappa shape index (κ1) is 11.9. The van der Waals surface area contributed by atoms with Crippen LogP contribution in [0.5, 0.6) is 0 Å². The van der Waals surface area contributed by atoms with Gasteiger partial charge in [-0.25, -0.2) is 4.99 Å². The molecule has 0 amide bonds. The molecule has 0 spiro atoms. The Balaban J connectivity index is 4.48. The summed E-state index contributed by atoms with van der Waals surface area (Å²) in [5.74, 6) is 0.443. The van der Waals surface area contributed by atoms with Crippen LogP contribution in [0.1, 0.15) is 27.2 Å². The van der Waals surface area contributed by atoms with Crippen LogP contribution >= 0.6 is 0 Å². The van der Waals surface area contributed by atoms with Crippen molar-refractivity contribution >= 4 is 5.97 Å². The van der Waals surface area contributed by atoms with Crippen molar-refractivity contribution in [2.45, 2.75) is 27.2 Å². The molecule has 1 atom stereocenters. The number of nitrogens with one attached hydrogen (secondary N) is 1. The van der Waals surface area contributed by atoms with E-state index >= 15 is 0 Å². The number of hydrogen-bond donors (Lipinski definition) is 1. The van der Waals surface area contributed by atoms with Crippen molar-refractivity contribution in [3.05, 3.63) is 24.7 Å². The molecule has 3 heteroatoms. The fraction of sp³-hybridized carbons (Fsp3) is 0.500. The molecule has 0 aromatic carbocycles. The molecule has 0 aliphatic heterocycles. The van der Waals surface area contributed by atoms with Gasteiger partial charge >= 0.3 is 0 Å². The van der Waals surface area contributed by atoms with Crippen LogP contribution in [0.3, 0.4) is 0 Å². The molecule has 0 bridgehead atoms. The zero-order valence-corrected chi connectivity index (χ0v) is 8.47. The fourth-order valence-corrected chi connectivity index (χ4v) is 0.776. The largest absolute Gasteiger partial charge is 0.347 e. The van der Waals surface area contributed by atoms with E-state index < -0.39 is 5.97 Å². The Morgan fingerprint density at radius 2 is 2.31 bits per heavy atom. The summed E-state index contributed by atoms with van der Waals surface area (Å²) >= 11 is 0. The van der Waals surface area contributed by atoms with E-state index in [2.05, 4.69) is 23.8 Å². The van der Waals surface area contributed by atoms with E-state index in [-0.39, 0.29) is 0 Å². The fourth-order valence-electron chi connectivity index (χ4n) is 0.776. The summed E-state index contributed by atoms with van der Waals surface area (Å²) in [7, 11) is 0. The van der Waals surface area contributed by atoms with Crippen LogP contribution in [0.2, 0.25) is 0 Å². The van der Waals surface area contributed by atoms with Crippen LogP contribution in [0.25, 0.3) is 0 Å². The Kier molecular flexibility index (Phi) is 5.85. The lowest BCUT2D eigenvalue weighted by molar-refractivity contribution is 0.684. The van der Waals surface area contributed by atoms with E-state index in [4.69, 9.17) is 0 Å². The summed E-state index contributed by atoms with van der Waals surface area (Å²) in [5, 5.41) is 2.78. The normalized spacial score (nSPS) is 15.4. The topological polar surface area (TPSA) is 24.4 Å². The first-order valence-electron chi connectivity index (χ1n) is 4.40. The third kappa shape index (κ3) is 6.08. The zero-order valence-electron chi connectivity index (χ0n) is 8.47. The number of allylic oxidation sites excluding steroid dienone is 1. The van der Waals surface area contributed by atoms with Gasteiger partial charge in [0.1, 0.15) is 5.82 Å². The maximum atomic E-state index is 12.5. The Morgan fingerprint density at radius 1 is 1.69 bits per heavy atom. The highest BCUT2D eigenvalue weighted by Crippen LogP contribution is 2.06. The van der Waals surface area contributed by atoms with Crippen molar-refractivity contribution in [3.8, 4) is 0 Å². The van der Waals surface area contributed by atoms with Crippen LogP contribution in [0.4, 0.5) is 4.39 Å². The Bertz CT molecular complexity index is 215. The second kappa shape index (κ2) is 6.40. The lowest BCUT2D eigenvalue weighted by Gasteiger charge is -2.05. The average Bonchev–Trinajstić information content (AvgIpc) is 2.03. The van der Waals surface area contributed by atoms with Gasteiger partial charge in [-0.3, -0.25) is 0 Å². The molecule has 2 nitrogen and oxygen atoms in total. The monoisotopic (exact) mass is 184 g/mol. The molecule has 1 N–H and O–H groups in total. The molecule has 0 heterocycles. The Labute approximate surface area is 79.3 Å². The van der Waals surface area contributed by atoms with Crippen molar-refractivity contribution in [1.82, 2.24) is 5.32 Å². The van der Waals surface area contributed by atoms with Gasteiger partial charge in [-0.1, -0.05) is 20.4 Å². The molecule has 0 saturated heterocycles. The van der Waals surface area contributed by atoms with Gasteiger partial charge in [0.15, 0.2) is 5.97 Å². The van der Waals surface area contributed by atoms with Crippen LogP contribution in [-0.4, -0.2) is 5.97 Å². The van der Waals surface area contributed by atoms with E-state index in [0.717, 1.165) is 6.42 Å². The smallest absolute Gasteiger partial charge is 0.187 e. The minimum atomic E-state index is -0.455. The molecule has 0 aromatic rings. The van der Waals surface area contributed by atoms with Crippen LogP contribution in [0.15, 0.2) is 29.7 Å². The molecule has 74 valence electrons. The highest BCUT2D eigenvalue weighted by molar-refractivity contribution is 5.72. The van der Waals surface area contributed by atoms with E-state index in [1.165, 1.54) is 13.1 Å². The van der Waals surface area contributed by atoms with E-state index in [1.54, 1.807) is 0 Å². The van der Waals surface area contributed by atoms with Crippen LogP contribution in [0, 0.1) is 5.92 Å². The second-order valence-electron chi connectivity index (χ2n) is 2.89. The molecule has 0 saturated carbocycles. The summed E-state index contributed by atoms with van der Waals surface area (Å²) in [6, 6.07) is 0. The highest BCUT2D eigenvalue weighted by Gasteiger charge is 1.97. The first-order valence-corrected chi connectivity index (χ1v) is 4.40. The molecule has 13 heavy (non-hydrogen) atoms. The number of nitrogens with zero attached hydrogens (tertiary/aromatic N) is 1. The van der Waals surface area contributed by atoms with Crippen LogP contribution < -0.4 is 5.32 Å². The molecular weight excluding hydrogens is 167 g/mol. The van der Waals surface area contributed by atoms with Crippen molar-refractivity contribution in [3.63, 3.8) is 0 Å². The van der Waals surface area contributed by atoms with Crippen molar-refractivity contribution in [2.75, 3.05) is 0 Å². The Morgan fingerprint density at radius 3 is 2.69 bits per heavy atom. The molecule has 0 rings (SSSR count). The zero-order chi connectivity index (χ0) is 10.3. The van der Waals surface area contributed by atoms with Gasteiger partial charge in [0.05, 0.1) is 0 Å². The summed E-state index contributed by atoms with van der Waals surface area (Å²) < 4.78 is 12.5. The van der Waals surface area contributed by atoms with Crippen LogP contribution in [-0.2, 0) is 0 Å². The van der Waals surface area contributed by atoms with Gasteiger partial charge in [0, 0.05) is 6.92 Å². The molecule has 0 aromatic heterocycles. The number of hydrogen-bond acceptors (Lipinski definition) is 2. The first-order chi connectivity index (χ1) is 6.10. The van der Waals surface area contributed by atoms with Crippen molar-refractivity contribution in [1.29, 1.82) is 0 Å². The average molecular weight is 184 g/mol. The summed E-state index contributed by atoms with van der Waals surface area (Å²) in [6.07, 6.45) is 4.37. The third-order valence-electron chi connectivity index (χ3n) is 1.61. The van der Waals surface area contributed by atoms with E-state index in [9.17, 15) is 4.39 Å². The number of aliphatic imine (C=N–C) groups is 1. The predicted octanol–water partition coefficient (Wildman–Crippen LogP) is 2.99. The minimum absolute atomic E-state index is 0.380. The van der Waals surface area contributed by atoms with Gasteiger partial charge < -0.3 is 5.32 Å². The van der Waals surface area contributed by atoms with Gasteiger partial charge in [-0.15, -0.1) is 0 Å². The molecule has 0 fully saturated rings. The lowest BCUT2D eigenvalue weighted by Crippen LogP contribution is -2.05. The lowest BCUT2D eigenvalue weighted by atomic mass is 10.1. The van der Waals surface area contributed by atoms with Gasteiger partial charge in [-0.2, -0.15) is 4.39 Å². The molecule has 0 aliphatic carbocycles.